The van der Waals surface area contributed by atoms with Crippen LogP contribution in [0.1, 0.15) is 25.8 Å². The van der Waals surface area contributed by atoms with E-state index in [-0.39, 0.29) is 11.9 Å². The number of aliphatic carboxylic acids is 1. The van der Waals surface area contributed by atoms with Gasteiger partial charge in [-0.05, 0) is 38.0 Å². The van der Waals surface area contributed by atoms with Gasteiger partial charge in [-0.2, -0.15) is 0 Å². The molecule has 114 valence electrons. The molecule has 1 fully saturated rings. The molecule has 0 bridgehead atoms. The van der Waals surface area contributed by atoms with Crippen LogP contribution in [0.2, 0.25) is 10.0 Å². The van der Waals surface area contributed by atoms with Crippen molar-refractivity contribution in [2.75, 3.05) is 0 Å². The Balaban J connectivity index is 2.11. The van der Waals surface area contributed by atoms with Crippen molar-refractivity contribution in [1.29, 1.82) is 0 Å². The smallest absolute Gasteiger partial charge is 0.307 e. The molecule has 21 heavy (non-hydrogen) atoms. The number of carbonyl (C=O) groups is 2. The summed E-state index contributed by atoms with van der Waals surface area (Å²) in [5, 5.41) is 9.86. The van der Waals surface area contributed by atoms with Crippen LogP contribution in [0, 0.1) is 11.8 Å². The molecule has 4 nitrogen and oxygen atoms in total. The molecule has 1 N–H and O–H groups in total. The minimum Gasteiger partial charge on any atom is -0.481 e. The third-order valence-electron chi connectivity index (χ3n) is 3.67. The Morgan fingerprint density at radius 1 is 1.29 bits per heavy atom. The highest BCUT2D eigenvalue weighted by Crippen LogP contribution is 2.40. The Kier molecular flexibility index (Phi) is 4.79. The molecule has 0 unspecified atom stereocenters. The molecule has 1 aliphatic rings. The molecule has 1 amide bonds. The van der Waals surface area contributed by atoms with E-state index >= 15 is 0 Å². The molecule has 1 aromatic carbocycles. The molecule has 1 saturated carbocycles. The van der Waals surface area contributed by atoms with Crippen molar-refractivity contribution in [3.05, 3.63) is 33.8 Å². The molecule has 0 aliphatic heterocycles. The van der Waals surface area contributed by atoms with Gasteiger partial charge < -0.3 is 10.0 Å². The van der Waals surface area contributed by atoms with Crippen molar-refractivity contribution in [3.63, 3.8) is 0 Å². The first-order chi connectivity index (χ1) is 9.81. The fourth-order valence-electron chi connectivity index (χ4n) is 2.30. The van der Waals surface area contributed by atoms with Crippen LogP contribution in [-0.2, 0) is 16.1 Å². The largest absolute Gasteiger partial charge is 0.481 e. The van der Waals surface area contributed by atoms with Crippen molar-refractivity contribution < 1.29 is 14.7 Å². The second-order valence-corrected chi connectivity index (χ2v) is 6.41. The Bertz CT molecular complexity index is 574. The molecule has 2 rings (SSSR count). The number of hydrogen-bond donors (Lipinski definition) is 1. The van der Waals surface area contributed by atoms with E-state index in [1.165, 1.54) is 0 Å². The van der Waals surface area contributed by atoms with Crippen LogP contribution in [0.15, 0.2) is 18.2 Å². The second-order valence-electron chi connectivity index (χ2n) is 5.60. The van der Waals surface area contributed by atoms with Crippen LogP contribution < -0.4 is 0 Å². The summed E-state index contributed by atoms with van der Waals surface area (Å²) in [4.78, 5) is 25.0. The first-order valence-electron chi connectivity index (χ1n) is 6.78. The number of carboxylic acids is 1. The molecular weight excluding hydrogens is 313 g/mol. The number of amides is 1. The minimum atomic E-state index is -0.897. The maximum Gasteiger partial charge on any atom is 0.307 e. The lowest BCUT2D eigenvalue weighted by Crippen LogP contribution is -2.38. The van der Waals surface area contributed by atoms with Gasteiger partial charge in [0.2, 0.25) is 5.91 Å². The fraction of sp³-hybridized carbons (Fsp3) is 0.467. The van der Waals surface area contributed by atoms with Crippen LogP contribution >= 0.6 is 23.2 Å². The third-order valence-corrected chi connectivity index (χ3v) is 4.41. The zero-order chi connectivity index (χ0) is 15.7. The Morgan fingerprint density at radius 2 is 1.95 bits per heavy atom. The summed E-state index contributed by atoms with van der Waals surface area (Å²) in [6.45, 7) is 4.22. The SMILES string of the molecule is CC(C)N(Cc1ccc(Cl)c(Cl)c1)C(=O)[C@@H]1C[C@@H]1C(=O)O. The Labute approximate surface area is 133 Å². The Hall–Kier alpha value is -1.26. The van der Waals surface area contributed by atoms with Gasteiger partial charge in [-0.15, -0.1) is 0 Å². The summed E-state index contributed by atoms with van der Waals surface area (Å²) >= 11 is 11.9. The molecule has 2 atom stereocenters. The van der Waals surface area contributed by atoms with E-state index in [9.17, 15) is 9.59 Å². The third kappa shape index (κ3) is 3.69. The monoisotopic (exact) mass is 329 g/mol. The van der Waals surface area contributed by atoms with Crippen molar-refractivity contribution in [1.82, 2.24) is 4.90 Å². The number of halogens is 2. The van der Waals surface area contributed by atoms with Gasteiger partial charge in [-0.3, -0.25) is 9.59 Å². The predicted octanol–water partition coefficient (Wildman–Crippen LogP) is 3.45. The quantitative estimate of drug-likeness (QED) is 0.900. The molecule has 0 spiro atoms. The van der Waals surface area contributed by atoms with E-state index in [0.29, 0.717) is 23.0 Å². The lowest BCUT2D eigenvalue weighted by molar-refractivity contribution is -0.142. The standard InChI is InChI=1S/C15H17Cl2NO3/c1-8(2)18(14(19)10-6-11(10)15(20)21)7-9-3-4-12(16)13(17)5-9/h3-5,8,10-11H,6-7H2,1-2H3,(H,20,21)/t10-,11+/m1/s1. The van der Waals surface area contributed by atoms with Gasteiger partial charge >= 0.3 is 5.97 Å². The summed E-state index contributed by atoms with van der Waals surface area (Å²) in [5.74, 6) is -1.93. The summed E-state index contributed by atoms with van der Waals surface area (Å²) in [5.41, 5.74) is 0.874. The topological polar surface area (TPSA) is 57.6 Å². The van der Waals surface area contributed by atoms with Gasteiger partial charge in [0.05, 0.1) is 21.9 Å². The molecule has 1 aromatic rings. The van der Waals surface area contributed by atoms with Crippen molar-refractivity contribution >= 4 is 35.1 Å². The summed E-state index contributed by atoms with van der Waals surface area (Å²) in [6.07, 6.45) is 0.429. The van der Waals surface area contributed by atoms with E-state index < -0.39 is 17.8 Å². The number of rotatable bonds is 5. The van der Waals surface area contributed by atoms with Gasteiger partial charge in [0.15, 0.2) is 0 Å². The van der Waals surface area contributed by atoms with Gasteiger partial charge in [-0.25, -0.2) is 0 Å². The highest BCUT2D eigenvalue weighted by atomic mass is 35.5. The van der Waals surface area contributed by atoms with Crippen molar-refractivity contribution in [3.8, 4) is 0 Å². The second kappa shape index (κ2) is 6.24. The zero-order valence-corrected chi connectivity index (χ0v) is 13.4. The van der Waals surface area contributed by atoms with Crippen molar-refractivity contribution in [2.24, 2.45) is 11.8 Å². The van der Waals surface area contributed by atoms with Crippen LogP contribution in [0.4, 0.5) is 0 Å². The van der Waals surface area contributed by atoms with Crippen molar-refractivity contribution in [2.45, 2.75) is 32.9 Å². The maximum absolute atomic E-state index is 12.4. The average molecular weight is 330 g/mol. The lowest BCUT2D eigenvalue weighted by atomic mass is 10.1. The summed E-state index contributed by atoms with van der Waals surface area (Å²) in [6, 6.07) is 5.23. The molecule has 0 saturated heterocycles. The lowest BCUT2D eigenvalue weighted by Gasteiger charge is -2.27. The number of carbonyl (C=O) groups excluding carboxylic acids is 1. The van der Waals surface area contributed by atoms with E-state index in [4.69, 9.17) is 28.3 Å². The fourth-order valence-corrected chi connectivity index (χ4v) is 2.62. The molecule has 6 heteroatoms. The zero-order valence-electron chi connectivity index (χ0n) is 11.8. The summed E-state index contributed by atoms with van der Waals surface area (Å²) < 4.78 is 0. The maximum atomic E-state index is 12.4. The number of hydrogen-bond acceptors (Lipinski definition) is 2. The van der Waals surface area contributed by atoms with Crippen LogP contribution in [-0.4, -0.2) is 27.9 Å². The van der Waals surface area contributed by atoms with Gasteiger partial charge in [0.25, 0.3) is 0 Å². The first kappa shape index (κ1) is 16.1. The van der Waals surface area contributed by atoms with Gasteiger partial charge in [0.1, 0.15) is 0 Å². The van der Waals surface area contributed by atoms with Crippen LogP contribution in [0.5, 0.6) is 0 Å². The molecule has 0 heterocycles. The van der Waals surface area contributed by atoms with Gasteiger partial charge in [-0.1, -0.05) is 29.3 Å². The number of benzene rings is 1. The van der Waals surface area contributed by atoms with Gasteiger partial charge in [0, 0.05) is 12.6 Å². The normalized spacial score (nSPS) is 20.4. The first-order valence-corrected chi connectivity index (χ1v) is 7.54. The summed E-state index contributed by atoms with van der Waals surface area (Å²) in [7, 11) is 0. The number of carboxylic acid groups (broad SMARTS) is 1. The van der Waals surface area contributed by atoms with E-state index in [2.05, 4.69) is 0 Å². The van der Waals surface area contributed by atoms with E-state index in [1.807, 2.05) is 19.9 Å². The molecule has 1 aliphatic carbocycles. The molecule has 0 radical (unpaired) electrons. The van der Waals surface area contributed by atoms with Crippen LogP contribution in [0.3, 0.4) is 0 Å². The number of nitrogens with zero attached hydrogens (tertiary/aromatic N) is 1. The highest BCUT2D eigenvalue weighted by Gasteiger charge is 2.50. The minimum absolute atomic E-state index is 0.0120. The molecule has 0 aromatic heterocycles. The van der Waals surface area contributed by atoms with E-state index in [0.717, 1.165) is 5.56 Å². The molecular formula is C15H17Cl2NO3. The average Bonchev–Trinajstić information content (AvgIpc) is 3.19. The predicted molar refractivity (Wildman–Crippen MR) is 81.4 cm³/mol. The highest BCUT2D eigenvalue weighted by molar-refractivity contribution is 6.42. The Morgan fingerprint density at radius 3 is 2.43 bits per heavy atom. The van der Waals surface area contributed by atoms with E-state index in [1.54, 1.807) is 17.0 Å². The van der Waals surface area contributed by atoms with Crippen LogP contribution in [0.25, 0.3) is 0 Å².